The normalized spacial score (nSPS) is 16.4. The van der Waals surface area contributed by atoms with Crippen molar-refractivity contribution in [3.05, 3.63) is 29.3 Å². The molecule has 0 aliphatic carbocycles. The Morgan fingerprint density at radius 3 is 2.67 bits per heavy atom. The Balaban J connectivity index is 1.77. The average Bonchev–Trinajstić information content (AvgIpc) is 3.02. The van der Waals surface area contributed by atoms with Crippen LogP contribution >= 0.6 is 11.3 Å². The minimum atomic E-state index is -0.348. The number of hydrogen-bond acceptors (Lipinski definition) is 4. The van der Waals surface area contributed by atoms with Crippen LogP contribution in [0.1, 0.15) is 44.5 Å². The van der Waals surface area contributed by atoms with Gasteiger partial charge in [0, 0.05) is 12.5 Å². The van der Waals surface area contributed by atoms with Crippen LogP contribution in [0.4, 0.5) is 0 Å². The molecule has 5 heteroatoms. The van der Waals surface area contributed by atoms with E-state index >= 15 is 0 Å². The summed E-state index contributed by atoms with van der Waals surface area (Å²) in [4.78, 5) is 17.8. The zero-order valence-electron chi connectivity index (χ0n) is 14.6. The highest BCUT2D eigenvalue weighted by Gasteiger charge is 2.37. The number of piperidine rings is 1. The molecule has 1 aromatic carbocycles. The summed E-state index contributed by atoms with van der Waals surface area (Å²) < 4.78 is 1.20. The first kappa shape index (κ1) is 17.4. The van der Waals surface area contributed by atoms with Crippen LogP contribution in [0.15, 0.2) is 24.3 Å². The first-order valence-electron chi connectivity index (χ1n) is 9.03. The zero-order valence-corrected chi connectivity index (χ0v) is 15.4. The molecule has 0 atom stereocenters. The molecule has 1 fully saturated rings. The van der Waals surface area contributed by atoms with Crippen molar-refractivity contribution in [1.29, 1.82) is 0 Å². The molecule has 2 aromatic rings. The van der Waals surface area contributed by atoms with E-state index in [2.05, 4.69) is 30.5 Å². The number of carbonyl (C=O) groups excluding carboxylic acids is 1. The summed E-state index contributed by atoms with van der Waals surface area (Å²) in [5.41, 5.74) is 0.691. The highest BCUT2D eigenvalue weighted by atomic mass is 32.1. The fourth-order valence-corrected chi connectivity index (χ4v) is 4.60. The second-order valence-corrected chi connectivity index (χ2v) is 7.85. The monoisotopic (exact) mass is 345 g/mol. The van der Waals surface area contributed by atoms with E-state index in [1.165, 1.54) is 4.70 Å². The largest absolute Gasteiger partial charge is 0.353 e. The maximum absolute atomic E-state index is 13.1. The summed E-state index contributed by atoms with van der Waals surface area (Å²) in [5.74, 6) is 0.207. The number of para-hydroxylation sites is 1. The fourth-order valence-electron chi connectivity index (χ4n) is 3.49. The van der Waals surface area contributed by atoms with Gasteiger partial charge in [-0.25, -0.2) is 4.98 Å². The van der Waals surface area contributed by atoms with Crippen LogP contribution in [-0.4, -0.2) is 30.0 Å². The molecule has 0 spiro atoms. The average molecular weight is 346 g/mol. The lowest BCUT2D eigenvalue weighted by Gasteiger charge is -2.33. The summed E-state index contributed by atoms with van der Waals surface area (Å²) >= 11 is 1.72. The number of rotatable bonds is 6. The zero-order chi connectivity index (χ0) is 17.0. The number of nitrogens with zero attached hydrogens (tertiary/aromatic N) is 1. The van der Waals surface area contributed by atoms with Gasteiger partial charge in [-0.2, -0.15) is 0 Å². The number of fused-ring (bicyclic) bond motifs is 1. The van der Waals surface area contributed by atoms with Gasteiger partial charge in [-0.3, -0.25) is 4.79 Å². The van der Waals surface area contributed by atoms with Crippen molar-refractivity contribution >= 4 is 27.5 Å². The van der Waals surface area contributed by atoms with Crippen molar-refractivity contribution in [2.45, 2.75) is 52.0 Å². The van der Waals surface area contributed by atoms with Crippen LogP contribution in [0, 0.1) is 5.41 Å². The van der Waals surface area contributed by atoms with Crippen LogP contribution < -0.4 is 10.6 Å². The van der Waals surface area contributed by atoms with E-state index in [9.17, 15) is 4.79 Å². The van der Waals surface area contributed by atoms with E-state index < -0.39 is 0 Å². The number of nitrogens with one attached hydrogen (secondary N) is 2. The maximum atomic E-state index is 13.1. The Hall–Kier alpha value is -1.46. The van der Waals surface area contributed by atoms with E-state index in [1.54, 1.807) is 11.3 Å². The minimum absolute atomic E-state index is 0.207. The van der Waals surface area contributed by atoms with Crippen LogP contribution in [0.5, 0.6) is 0 Å². The lowest BCUT2D eigenvalue weighted by molar-refractivity contribution is -0.132. The van der Waals surface area contributed by atoms with Crippen molar-refractivity contribution < 1.29 is 4.79 Å². The third-order valence-corrected chi connectivity index (χ3v) is 6.37. The van der Waals surface area contributed by atoms with Gasteiger partial charge in [0.25, 0.3) is 0 Å². The van der Waals surface area contributed by atoms with E-state index in [0.29, 0.717) is 6.04 Å². The molecule has 0 bridgehead atoms. The van der Waals surface area contributed by atoms with Crippen molar-refractivity contribution in [1.82, 2.24) is 15.6 Å². The van der Waals surface area contributed by atoms with E-state index in [1.807, 2.05) is 18.2 Å². The van der Waals surface area contributed by atoms with Crippen molar-refractivity contribution in [3.63, 3.8) is 0 Å². The molecule has 0 unspecified atom stereocenters. The first-order chi connectivity index (χ1) is 11.7. The maximum Gasteiger partial charge on any atom is 0.226 e. The van der Waals surface area contributed by atoms with Gasteiger partial charge < -0.3 is 10.6 Å². The number of aromatic nitrogens is 1. The topological polar surface area (TPSA) is 54.0 Å². The van der Waals surface area contributed by atoms with E-state index in [0.717, 1.165) is 55.7 Å². The molecule has 24 heavy (non-hydrogen) atoms. The van der Waals surface area contributed by atoms with Crippen molar-refractivity contribution in [3.8, 4) is 0 Å². The Morgan fingerprint density at radius 2 is 2.00 bits per heavy atom. The summed E-state index contributed by atoms with van der Waals surface area (Å²) in [6.45, 7) is 6.24. The van der Waals surface area contributed by atoms with E-state index in [-0.39, 0.29) is 11.3 Å². The standard InChI is InChI=1S/C19H27N3OS/c1-3-19(4-2,18(23)21-14-9-11-20-12-10-14)13-17-22-15-7-5-6-8-16(15)24-17/h5-8,14,20H,3-4,9-13H2,1-2H3,(H,21,23). The van der Waals surface area contributed by atoms with Gasteiger partial charge in [-0.05, 0) is 50.9 Å². The van der Waals surface area contributed by atoms with Gasteiger partial charge in [0.1, 0.15) is 0 Å². The Morgan fingerprint density at radius 1 is 1.29 bits per heavy atom. The molecule has 1 amide bonds. The lowest BCUT2D eigenvalue weighted by atomic mass is 9.78. The summed E-state index contributed by atoms with van der Waals surface area (Å²) in [6.07, 6.45) is 4.47. The quantitative estimate of drug-likeness (QED) is 0.842. The van der Waals surface area contributed by atoms with Crippen LogP contribution in [0.25, 0.3) is 10.2 Å². The highest BCUT2D eigenvalue weighted by molar-refractivity contribution is 7.18. The molecule has 1 aromatic heterocycles. The molecular formula is C19H27N3OS. The SMILES string of the molecule is CCC(CC)(Cc1nc2ccccc2s1)C(=O)NC1CCNCC1. The number of hydrogen-bond donors (Lipinski definition) is 2. The second-order valence-electron chi connectivity index (χ2n) is 6.74. The van der Waals surface area contributed by atoms with Gasteiger partial charge in [0.05, 0.1) is 20.6 Å². The first-order valence-corrected chi connectivity index (χ1v) is 9.84. The number of amides is 1. The van der Waals surface area contributed by atoms with Crippen LogP contribution in [-0.2, 0) is 11.2 Å². The second kappa shape index (κ2) is 7.62. The Labute approximate surface area is 148 Å². The smallest absolute Gasteiger partial charge is 0.226 e. The van der Waals surface area contributed by atoms with Crippen molar-refractivity contribution in [2.24, 2.45) is 5.41 Å². The number of benzene rings is 1. The van der Waals surface area contributed by atoms with Crippen LogP contribution in [0.2, 0.25) is 0 Å². The predicted octanol–water partition coefficient (Wildman–Crippen LogP) is 3.51. The molecule has 1 aliphatic rings. The number of thiazole rings is 1. The van der Waals surface area contributed by atoms with Gasteiger partial charge in [0.2, 0.25) is 5.91 Å². The predicted molar refractivity (Wildman–Crippen MR) is 100 cm³/mol. The minimum Gasteiger partial charge on any atom is -0.353 e. The molecule has 3 rings (SSSR count). The molecule has 2 heterocycles. The summed E-state index contributed by atoms with van der Waals surface area (Å²) in [5, 5.41) is 7.73. The molecule has 0 radical (unpaired) electrons. The Bertz CT molecular complexity index is 654. The van der Waals surface area contributed by atoms with Gasteiger partial charge in [0.15, 0.2) is 0 Å². The molecule has 1 saturated heterocycles. The molecule has 4 nitrogen and oxygen atoms in total. The third kappa shape index (κ3) is 3.62. The number of carbonyl (C=O) groups is 1. The molecular weight excluding hydrogens is 318 g/mol. The highest BCUT2D eigenvalue weighted by Crippen LogP contribution is 2.34. The fraction of sp³-hybridized carbons (Fsp3) is 0.579. The van der Waals surface area contributed by atoms with Crippen LogP contribution in [0.3, 0.4) is 0 Å². The van der Waals surface area contributed by atoms with E-state index in [4.69, 9.17) is 4.98 Å². The molecule has 1 aliphatic heterocycles. The van der Waals surface area contributed by atoms with Crippen molar-refractivity contribution in [2.75, 3.05) is 13.1 Å². The van der Waals surface area contributed by atoms with Gasteiger partial charge >= 0.3 is 0 Å². The summed E-state index contributed by atoms with van der Waals surface area (Å²) in [7, 11) is 0. The van der Waals surface area contributed by atoms with Gasteiger partial charge in [-0.1, -0.05) is 26.0 Å². The lowest BCUT2D eigenvalue weighted by Crippen LogP contribution is -2.49. The molecule has 2 N–H and O–H groups in total. The third-order valence-electron chi connectivity index (χ3n) is 5.34. The van der Waals surface area contributed by atoms with Gasteiger partial charge in [-0.15, -0.1) is 11.3 Å². The Kier molecular flexibility index (Phi) is 5.51. The molecule has 130 valence electrons. The summed E-state index contributed by atoms with van der Waals surface area (Å²) in [6, 6.07) is 8.52. The molecule has 0 saturated carbocycles.